The summed E-state index contributed by atoms with van der Waals surface area (Å²) in [6.45, 7) is 6.95. The average molecular weight is 335 g/mol. The molecule has 2 aliphatic heterocycles. The average Bonchev–Trinajstić information content (AvgIpc) is 2.55. The molecule has 3 rings (SSSR count). The highest BCUT2D eigenvalue weighted by atomic mass is 32.2. The van der Waals surface area contributed by atoms with Gasteiger partial charge in [0.1, 0.15) is 5.56 Å². The van der Waals surface area contributed by atoms with Crippen molar-refractivity contribution in [3.8, 4) is 0 Å². The topological polar surface area (TPSA) is 56.4 Å². The molecule has 3 heterocycles. The Balaban J connectivity index is 1.65. The van der Waals surface area contributed by atoms with Gasteiger partial charge in [-0.25, -0.2) is 0 Å². The van der Waals surface area contributed by atoms with Crippen molar-refractivity contribution >= 4 is 17.7 Å². The number of hydrogen-bond donors (Lipinski definition) is 1. The molecule has 1 N–H and O–H groups in total. The van der Waals surface area contributed by atoms with E-state index in [9.17, 15) is 9.59 Å². The number of aromatic nitrogens is 1. The number of carbonyl (C=O) groups is 1. The summed E-state index contributed by atoms with van der Waals surface area (Å²) in [6.07, 6.45) is 2.52. The van der Waals surface area contributed by atoms with Crippen LogP contribution in [0.15, 0.2) is 10.9 Å². The van der Waals surface area contributed by atoms with Gasteiger partial charge in [-0.1, -0.05) is 0 Å². The zero-order valence-corrected chi connectivity index (χ0v) is 14.7. The molecule has 0 atom stereocenters. The van der Waals surface area contributed by atoms with Crippen LogP contribution in [-0.2, 0) is 0 Å². The van der Waals surface area contributed by atoms with E-state index < -0.39 is 0 Å². The summed E-state index contributed by atoms with van der Waals surface area (Å²) in [4.78, 5) is 32.0. The largest absolute Gasteiger partial charge is 0.336 e. The number of H-pyrrole nitrogens is 1. The van der Waals surface area contributed by atoms with Gasteiger partial charge in [0.15, 0.2) is 0 Å². The van der Waals surface area contributed by atoms with Gasteiger partial charge in [0, 0.05) is 37.9 Å². The van der Waals surface area contributed by atoms with Gasteiger partial charge in [0.25, 0.3) is 11.5 Å². The number of aryl methyl sites for hydroxylation is 2. The summed E-state index contributed by atoms with van der Waals surface area (Å²) in [6, 6.07) is 2.54. The van der Waals surface area contributed by atoms with E-state index in [1.807, 2.05) is 36.6 Å². The van der Waals surface area contributed by atoms with Crippen molar-refractivity contribution in [3.63, 3.8) is 0 Å². The van der Waals surface area contributed by atoms with Crippen molar-refractivity contribution in [1.82, 2.24) is 14.8 Å². The van der Waals surface area contributed by atoms with Crippen LogP contribution >= 0.6 is 11.8 Å². The highest BCUT2D eigenvalue weighted by molar-refractivity contribution is 7.99. The van der Waals surface area contributed by atoms with Crippen LogP contribution in [0.1, 0.15) is 34.5 Å². The predicted octanol–water partition coefficient (Wildman–Crippen LogP) is 1.65. The molecular formula is C17H25N3O2S. The number of amides is 1. The molecule has 0 aliphatic carbocycles. The summed E-state index contributed by atoms with van der Waals surface area (Å²) in [7, 11) is 0. The number of carbonyl (C=O) groups excluding carboxylic acids is 1. The molecule has 1 aromatic rings. The summed E-state index contributed by atoms with van der Waals surface area (Å²) in [5.41, 5.74) is 1.60. The lowest BCUT2D eigenvalue weighted by atomic mass is 10.1. The Morgan fingerprint density at radius 1 is 1.17 bits per heavy atom. The second-order valence-corrected chi connectivity index (χ2v) is 7.74. The molecule has 126 valence electrons. The Bertz CT molecular complexity index is 629. The fraction of sp³-hybridized carbons (Fsp3) is 0.647. The van der Waals surface area contributed by atoms with Crippen LogP contribution in [-0.4, -0.2) is 64.4 Å². The minimum atomic E-state index is -0.265. The van der Waals surface area contributed by atoms with Crippen molar-refractivity contribution in [2.45, 2.75) is 32.7 Å². The van der Waals surface area contributed by atoms with Crippen LogP contribution in [0.25, 0.3) is 0 Å². The smallest absolute Gasteiger partial charge is 0.261 e. The predicted molar refractivity (Wildman–Crippen MR) is 94.4 cm³/mol. The lowest BCUT2D eigenvalue weighted by Gasteiger charge is -2.40. The van der Waals surface area contributed by atoms with E-state index in [0.717, 1.165) is 37.4 Å². The van der Waals surface area contributed by atoms with E-state index >= 15 is 0 Å². The van der Waals surface area contributed by atoms with Gasteiger partial charge < -0.3 is 9.88 Å². The molecule has 6 heteroatoms. The van der Waals surface area contributed by atoms with Crippen molar-refractivity contribution in [2.24, 2.45) is 0 Å². The molecule has 0 spiro atoms. The van der Waals surface area contributed by atoms with Crippen LogP contribution in [0, 0.1) is 13.8 Å². The molecule has 0 bridgehead atoms. The van der Waals surface area contributed by atoms with Gasteiger partial charge in [-0.3, -0.25) is 14.5 Å². The summed E-state index contributed by atoms with van der Waals surface area (Å²) in [5, 5.41) is 0. The van der Waals surface area contributed by atoms with Crippen LogP contribution < -0.4 is 5.56 Å². The molecule has 2 fully saturated rings. The van der Waals surface area contributed by atoms with E-state index in [1.54, 1.807) is 0 Å². The number of hydrogen-bond acceptors (Lipinski definition) is 4. The number of piperazine rings is 1. The zero-order chi connectivity index (χ0) is 16.4. The Kier molecular flexibility index (Phi) is 5.11. The van der Waals surface area contributed by atoms with Crippen molar-refractivity contribution in [1.29, 1.82) is 0 Å². The highest BCUT2D eigenvalue weighted by Crippen LogP contribution is 2.23. The standard InChI is InChI=1S/C17H25N3O2S/c1-12-11-13(2)18-16(21)15(12)17(22)20-7-5-19(6-8-20)14-3-9-23-10-4-14/h11,14H,3-10H2,1-2H3,(H,18,21). The van der Waals surface area contributed by atoms with Crippen molar-refractivity contribution in [2.75, 3.05) is 37.7 Å². The van der Waals surface area contributed by atoms with Crippen LogP contribution in [0.4, 0.5) is 0 Å². The van der Waals surface area contributed by atoms with Gasteiger partial charge in [0.05, 0.1) is 0 Å². The first kappa shape index (κ1) is 16.6. The van der Waals surface area contributed by atoms with Gasteiger partial charge >= 0.3 is 0 Å². The first-order valence-electron chi connectivity index (χ1n) is 8.38. The second kappa shape index (κ2) is 7.09. The molecular weight excluding hydrogens is 310 g/mol. The maximum absolute atomic E-state index is 12.7. The number of rotatable bonds is 2. The maximum atomic E-state index is 12.7. The monoisotopic (exact) mass is 335 g/mol. The minimum absolute atomic E-state index is 0.123. The van der Waals surface area contributed by atoms with E-state index in [-0.39, 0.29) is 11.5 Å². The Morgan fingerprint density at radius 3 is 2.43 bits per heavy atom. The van der Waals surface area contributed by atoms with E-state index in [0.29, 0.717) is 11.6 Å². The number of thioether (sulfide) groups is 1. The molecule has 2 saturated heterocycles. The van der Waals surface area contributed by atoms with Crippen molar-refractivity contribution < 1.29 is 4.79 Å². The number of pyridine rings is 1. The molecule has 23 heavy (non-hydrogen) atoms. The Morgan fingerprint density at radius 2 is 1.83 bits per heavy atom. The lowest BCUT2D eigenvalue weighted by Crippen LogP contribution is -2.53. The molecule has 0 unspecified atom stereocenters. The minimum Gasteiger partial charge on any atom is -0.336 e. The fourth-order valence-corrected chi connectivity index (χ4v) is 4.70. The van der Waals surface area contributed by atoms with Gasteiger partial charge in [0.2, 0.25) is 0 Å². The Labute approximate surface area is 141 Å². The van der Waals surface area contributed by atoms with Gasteiger partial charge in [-0.2, -0.15) is 11.8 Å². The first-order valence-corrected chi connectivity index (χ1v) is 9.53. The van der Waals surface area contributed by atoms with Crippen LogP contribution in [0.3, 0.4) is 0 Å². The highest BCUT2D eigenvalue weighted by Gasteiger charge is 2.29. The molecule has 2 aliphatic rings. The third kappa shape index (κ3) is 3.63. The first-order chi connectivity index (χ1) is 11.1. The number of nitrogens with zero attached hydrogens (tertiary/aromatic N) is 2. The molecule has 5 nitrogen and oxygen atoms in total. The number of nitrogens with one attached hydrogen (secondary N) is 1. The molecule has 0 radical (unpaired) electrons. The van der Waals surface area contributed by atoms with Crippen LogP contribution in [0.2, 0.25) is 0 Å². The van der Waals surface area contributed by atoms with Gasteiger partial charge in [-0.05, 0) is 49.8 Å². The second-order valence-electron chi connectivity index (χ2n) is 6.51. The summed E-state index contributed by atoms with van der Waals surface area (Å²) < 4.78 is 0. The lowest BCUT2D eigenvalue weighted by molar-refractivity contribution is 0.0557. The summed E-state index contributed by atoms with van der Waals surface area (Å²) >= 11 is 2.04. The van der Waals surface area contributed by atoms with Crippen LogP contribution in [0.5, 0.6) is 0 Å². The molecule has 1 aromatic heterocycles. The third-order valence-corrected chi connectivity index (χ3v) is 5.94. The normalized spacial score (nSPS) is 20.7. The maximum Gasteiger partial charge on any atom is 0.261 e. The third-order valence-electron chi connectivity index (χ3n) is 4.89. The fourth-order valence-electron chi connectivity index (χ4n) is 3.62. The van der Waals surface area contributed by atoms with E-state index in [2.05, 4.69) is 9.88 Å². The SMILES string of the molecule is Cc1cc(C)c(C(=O)N2CCN(C3CCSCC3)CC2)c(=O)[nH]1. The van der Waals surface area contributed by atoms with E-state index in [1.165, 1.54) is 24.3 Å². The molecule has 1 amide bonds. The Hall–Kier alpha value is -1.27. The molecule has 0 aromatic carbocycles. The molecule has 0 saturated carbocycles. The van der Waals surface area contributed by atoms with E-state index in [4.69, 9.17) is 0 Å². The van der Waals surface area contributed by atoms with Gasteiger partial charge in [-0.15, -0.1) is 0 Å². The quantitative estimate of drug-likeness (QED) is 0.893. The zero-order valence-electron chi connectivity index (χ0n) is 13.9. The van der Waals surface area contributed by atoms with Crippen molar-refractivity contribution in [3.05, 3.63) is 33.2 Å². The summed E-state index contributed by atoms with van der Waals surface area (Å²) in [5.74, 6) is 2.38. The number of aromatic amines is 1.